The van der Waals surface area contributed by atoms with E-state index in [0.29, 0.717) is 6.04 Å². The lowest BCUT2D eigenvalue weighted by Crippen LogP contribution is -2.20. The van der Waals surface area contributed by atoms with Gasteiger partial charge in [0.05, 0.1) is 5.41 Å². The fourth-order valence-electron chi connectivity index (χ4n) is 1.92. The molecule has 0 unspecified atom stereocenters. The average Bonchev–Trinajstić information content (AvgIpc) is 3.05. The summed E-state index contributed by atoms with van der Waals surface area (Å²) in [6.45, 7) is 4.34. The quantitative estimate of drug-likeness (QED) is 0.914. The van der Waals surface area contributed by atoms with Gasteiger partial charge in [-0.1, -0.05) is 30.3 Å². The molecule has 4 heteroatoms. The zero-order valence-electron chi connectivity index (χ0n) is 10.7. The van der Waals surface area contributed by atoms with E-state index in [1.807, 2.05) is 6.07 Å². The first-order chi connectivity index (χ1) is 8.66. The highest BCUT2D eigenvalue weighted by Gasteiger charge is 2.29. The van der Waals surface area contributed by atoms with Gasteiger partial charge in [-0.3, -0.25) is 0 Å². The predicted octanol–water partition coefficient (Wildman–Crippen LogP) is 3.44. The van der Waals surface area contributed by atoms with Crippen LogP contribution >= 0.6 is 11.5 Å². The molecular formula is C14H17N3S. The summed E-state index contributed by atoms with van der Waals surface area (Å²) in [4.78, 5) is 4.63. The number of rotatable bonds is 4. The van der Waals surface area contributed by atoms with Crippen molar-refractivity contribution in [3.05, 3.63) is 41.7 Å². The van der Waals surface area contributed by atoms with Crippen molar-refractivity contribution >= 4 is 16.7 Å². The summed E-state index contributed by atoms with van der Waals surface area (Å²) in [7, 11) is 0. The molecule has 1 N–H and O–H groups in total. The molecule has 94 valence electrons. The van der Waals surface area contributed by atoms with Crippen LogP contribution in [0.3, 0.4) is 0 Å². The highest BCUT2D eigenvalue weighted by Crippen LogP contribution is 2.32. The SMILES string of the molecule is CC(C)(c1ccccc1)c1nsc(NC2CC2)n1. The summed E-state index contributed by atoms with van der Waals surface area (Å²) in [5, 5.41) is 4.36. The molecule has 0 aliphatic heterocycles. The Morgan fingerprint density at radius 2 is 1.94 bits per heavy atom. The lowest BCUT2D eigenvalue weighted by atomic mass is 9.84. The van der Waals surface area contributed by atoms with Crippen molar-refractivity contribution < 1.29 is 0 Å². The monoisotopic (exact) mass is 259 g/mol. The van der Waals surface area contributed by atoms with Crippen molar-refractivity contribution in [2.45, 2.75) is 38.1 Å². The fourth-order valence-corrected chi connectivity index (χ4v) is 2.71. The third kappa shape index (κ3) is 2.25. The van der Waals surface area contributed by atoms with Crippen LogP contribution in [0.5, 0.6) is 0 Å². The Labute approximate surface area is 111 Å². The number of nitrogens with zero attached hydrogens (tertiary/aromatic N) is 2. The summed E-state index contributed by atoms with van der Waals surface area (Å²) in [6.07, 6.45) is 2.52. The Bertz CT molecular complexity index is 529. The second-order valence-corrected chi connectivity index (χ2v) is 6.08. The van der Waals surface area contributed by atoms with Gasteiger partial charge in [0.15, 0.2) is 5.82 Å². The molecule has 0 radical (unpaired) electrons. The van der Waals surface area contributed by atoms with Gasteiger partial charge in [-0.15, -0.1) is 0 Å². The van der Waals surface area contributed by atoms with Gasteiger partial charge in [0.2, 0.25) is 5.13 Å². The van der Waals surface area contributed by atoms with Gasteiger partial charge >= 0.3 is 0 Å². The van der Waals surface area contributed by atoms with E-state index in [-0.39, 0.29) is 5.41 Å². The van der Waals surface area contributed by atoms with Gasteiger partial charge in [-0.05, 0) is 32.3 Å². The van der Waals surface area contributed by atoms with E-state index in [9.17, 15) is 0 Å². The maximum Gasteiger partial charge on any atom is 0.202 e. The van der Waals surface area contributed by atoms with Crippen molar-refractivity contribution in [1.82, 2.24) is 9.36 Å². The molecule has 0 saturated heterocycles. The third-order valence-electron chi connectivity index (χ3n) is 3.39. The summed E-state index contributed by atoms with van der Waals surface area (Å²) >= 11 is 1.47. The number of nitrogens with one attached hydrogen (secondary N) is 1. The molecule has 18 heavy (non-hydrogen) atoms. The zero-order chi connectivity index (χ0) is 12.6. The third-order valence-corrected chi connectivity index (χ3v) is 4.03. The summed E-state index contributed by atoms with van der Waals surface area (Å²) in [5.74, 6) is 0.904. The lowest BCUT2D eigenvalue weighted by Gasteiger charge is -2.21. The molecule has 0 bridgehead atoms. The smallest absolute Gasteiger partial charge is 0.202 e. The fraction of sp³-hybridized carbons (Fsp3) is 0.429. The minimum absolute atomic E-state index is 0.138. The molecule has 2 aromatic rings. The zero-order valence-corrected chi connectivity index (χ0v) is 11.5. The standard InChI is InChI=1S/C14H17N3S/c1-14(2,10-6-4-3-5-7-10)12-16-13(18-17-12)15-11-8-9-11/h3-7,11H,8-9H2,1-2H3,(H,15,16,17). The Morgan fingerprint density at radius 1 is 1.22 bits per heavy atom. The van der Waals surface area contributed by atoms with Gasteiger partial charge < -0.3 is 5.32 Å². The number of benzene rings is 1. The Balaban J connectivity index is 1.86. The topological polar surface area (TPSA) is 37.8 Å². The minimum Gasteiger partial charge on any atom is -0.358 e. The number of hydrogen-bond acceptors (Lipinski definition) is 4. The Morgan fingerprint density at radius 3 is 2.61 bits per heavy atom. The van der Waals surface area contributed by atoms with E-state index in [4.69, 9.17) is 0 Å². The van der Waals surface area contributed by atoms with Crippen molar-refractivity contribution in [3.63, 3.8) is 0 Å². The maximum absolute atomic E-state index is 4.63. The van der Waals surface area contributed by atoms with E-state index >= 15 is 0 Å². The van der Waals surface area contributed by atoms with Gasteiger partial charge in [-0.25, -0.2) is 4.98 Å². The molecule has 1 aliphatic rings. The summed E-state index contributed by atoms with van der Waals surface area (Å²) in [5.41, 5.74) is 1.11. The molecule has 1 saturated carbocycles. The molecular weight excluding hydrogens is 242 g/mol. The van der Waals surface area contributed by atoms with Crippen LogP contribution in [0.1, 0.15) is 38.1 Å². The van der Waals surface area contributed by atoms with Crippen LogP contribution in [0.4, 0.5) is 5.13 Å². The van der Waals surface area contributed by atoms with Crippen LogP contribution in [0.25, 0.3) is 0 Å². The highest BCUT2D eigenvalue weighted by atomic mass is 32.1. The molecule has 3 nitrogen and oxygen atoms in total. The van der Waals surface area contributed by atoms with E-state index in [1.54, 1.807) is 0 Å². The molecule has 0 atom stereocenters. The molecule has 0 amide bonds. The first kappa shape index (κ1) is 11.7. The van der Waals surface area contributed by atoms with Crippen LogP contribution < -0.4 is 5.32 Å². The van der Waals surface area contributed by atoms with Crippen molar-refractivity contribution in [2.75, 3.05) is 5.32 Å². The van der Waals surface area contributed by atoms with Crippen molar-refractivity contribution in [1.29, 1.82) is 0 Å². The number of hydrogen-bond donors (Lipinski definition) is 1. The number of aromatic nitrogens is 2. The normalized spacial score (nSPS) is 15.7. The molecule has 1 fully saturated rings. The average molecular weight is 259 g/mol. The summed E-state index contributed by atoms with van der Waals surface area (Å²) < 4.78 is 4.51. The van der Waals surface area contributed by atoms with Gasteiger partial charge in [-0.2, -0.15) is 4.37 Å². The van der Waals surface area contributed by atoms with E-state index in [1.165, 1.54) is 29.9 Å². The maximum atomic E-state index is 4.63. The second-order valence-electron chi connectivity index (χ2n) is 5.33. The molecule has 3 rings (SSSR count). The van der Waals surface area contributed by atoms with Gasteiger partial charge in [0, 0.05) is 17.6 Å². The molecule has 1 aliphatic carbocycles. The van der Waals surface area contributed by atoms with Crippen molar-refractivity contribution in [2.24, 2.45) is 0 Å². The highest BCUT2D eigenvalue weighted by molar-refractivity contribution is 7.09. The van der Waals surface area contributed by atoms with Crippen LogP contribution in [0, 0.1) is 0 Å². The van der Waals surface area contributed by atoms with E-state index in [0.717, 1.165) is 11.0 Å². The first-order valence-corrected chi connectivity index (χ1v) is 7.10. The minimum atomic E-state index is -0.138. The molecule has 0 spiro atoms. The van der Waals surface area contributed by atoms with Crippen molar-refractivity contribution in [3.8, 4) is 0 Å². The molecule has 1 heterocycles. The van der Waals surface area contributed by atoms with Crippen LogP contribution in [0.15, 0.2) is 30.3 Å². The molecule has 1 aromatic carbocycles. The summed E-state index contributed by atoms with van der Waals surface area (Å²) in [6, 6.07) is 11.1. The van der Waals surface area contributed by atoms with Crippen LogP contribution in [0.2, 0.25) is 0 Å². The van der Waals surface area contributed by atoms with Gasteiger partial charge in [0.25, 0.3) is 0 Å². The Kier molecular flexibility index (Phi) is 2.82. The lowest BCUT2D eigenvalue weighted by molar-refractivity contribution is 0.601. The molecule has 1 aromatic heterocycles. The van der Waals surface area contributed by atoms with E-state index in [2.05, 4.69) is 52.8 Å². The van der Waals surface area contributed by atoms with E-state index < -0.39 is 0 Å². The predicted molar refractivity (Wildman–Crippen MR) is 75.1 cm³/mol. The largest absolute Gasteiger partial charge is 0.358 e. The van der Waals surface area contributed by atoms with Gasteiger partial charge in [0.1, 0.15) is 0 Å². The number of anilines is 1. The first-order valence-electron chi connectivity index (χ1n) is 6.32. The Hall–Kier alpha value is -1.42. The van der Waals surface area contributed by atoms with Crippen LogP contribution in [-0.4, -0.2) is 15.4 Å². The second kappa shape index (κ2) is 4.35. The van der Waals surface area contributed by atoms with Crippen LogP contribution in [-0.2, 0) is 5.41 Å².